The molecule has 0 atom stereocenters. The number of benzene rings is 1. The average molecular weight is 396 g/mol. The van der Waals surface area contributed by atoms with Gasteiger partial charge in [0.1, 0.15) is 0 Å². The molecule has 0 amide bonds. The van der Waals surface area contributed by atoms with E-state index in [0.29, 0.717) is 10.7 Å². The van der Waals surface area contributed by atoms with Crippen LogP contribution in [0.15, 0.2) is 40.1 Å². The normalized spacial score (nSPS) is 14.5. The van der Waals surface area contributed by atoms with Gasteiger partial charge in [-0.05, 0) is 38.3 Å². The summed E-state index contributed by atoms with van der Waals surface area (Å²) >= 11 is 1.57. The fraction of sp³-hybridized carbons (Fsp3) is 0.381. The monoisotopic (exact) mass is 395 g/mol. The summed E-state index contributed by atoms with van der Waals surface area (Å²) in [5, 5.41) is 0.715. The molecule has 1 aliphatic heterocycles. The molecule has 0 saturated carbocycles. The SMILES string of the molecule is CCc1sc(/N=C/N2CCCC2)nc1-c1c(C)n(C)n(-c2ccccc2)c1=O. The van der Waals surface area contributed by atoms with E-state index in [1.54, 1.807) is 16.0 Å². The Labute approximate surface area is 168 Å². The smallest absolute Gasteiger partial charge is 0.281 e. The first-order valence-corrected chi connectivity index (χ1v) is 10.5. The molecular weight excluding hydrogens is 370 g/mol. The van der Waals surface area contributed by atoms with E-state index in [1.807, 2.05) is 55.3 Å². The van der Waals surface area contributed by atoms with Crippen LogP contribution in [0.1, 0.15) is 30.3 Å². The van der Waals surface area contributed by atoms with E-state index in [2.05, 4.69) is 16.8 Å². The predicted octanol–water partition coefficient (Wildman–Crippen LogP) is 3.93. The zero-order valence-corrected chi connectivity index (χ0v) is 17.4. The summed E-state index contributed by atoms with van der Waals surface area (Å²) in [7, 11) is 1.91. The third-order valence-corrected chi connectivity index (χ3v) is 6.38. The van der Waals surface area contributed by atoms with Gasteiger partial charge in [0.25, 0.3) is 5.56 Å². The zero-order valence-electron chi connectivity index (χ0n) is 16.6. The van der Waals surface area contributed by atoms with Crippen LogP contribution in [0.25, 0.3) is 16.9 Å². The molecule has 1 aliphatic rings. The van der Waals surface area contributed by atoms with E-state index < -0.39 is 0 Å². The number of rotatable bonds is 5. The minimum absolute atomic E-state index is 0.0405. The van der Waals surface area contributed by atoms with E-state index in [-0.39, 0.29) is 5.56 Å². The second-order valence-electron chi connectivity index (χ2n) is 7.05. The van der Waals surface area contributed by atoms with Crippen molar-refractivity contribution in [1.29, 1.82) is 0 Å². The van der Waals surface area contributed by atoms with Gasteiger partial charge in [0.2, 0.25) is 5.13 Å². The fourth-order valence-corrected chi connectivity index (χ4v) is 4.50. The van der Waals surface area contributed by atoms with Gasteiger partial charge in [-0.25, -0.2) is 14.7 Å². The van der Waals surface area contributed by atoms with Crippen molar-refractivity contribution in [2.45, 2.75) is 33.1 Å². The molecule has 0 spiro atoms. The first kappa shape index (κ1) is 18.7. The lowest BCUT2D eigenvalue weighted by Crippen LogP contribution is -2.20. The van der Waals surface area contributed by atoms with E-state index in [9.17, 15) is 4.79 Å². The van der Waals surface area contributed by atoms with Gasteiger partial charge < -0.3 is 4.90 Å². The zero-order chi connectivity index (χ0) is 19.7. The summed E-state index contributed by atoms with van der Waals surface area (Å²) in [5.74, 6) is 0. The Balaban J connectivity index is 1.78. The number of aliphatic imine (C=N–C) groups is 1. The number of thiazole rings is 1. The molecule has 0 unspecified atom stereocenters. The van der Waals surface area contributed by atoms with Gasteiger partial charge in [0.15, 0.2) is 0 Å². The van der Waals surface area contributed by atoms with Crippen LogP contribution in [0.5, 0.6) is 0 Å². The summed E-state index contributed by atoms with van der Waals surface area (Å²) in [6.07, 6.45) is 5.16. The maximum Gasteiger partial charge on any atom is 0.281 e. The number of likely N-dealkylation sites (tertiary alicyclic amines) is 1. The summed E-state index contributed by atoms with van der Waals surface area (Å²) in [6.45, 7) is 6.19. The predicted molar refractivity (Wildman–Crippen MR) is 115 cm³/mol. The van der Waals surface area contributed by atoms with Crippen LogP contribution in [0.3, 0.4) is 0 Å². The van der Waals surface area contributed by atoms with E-state index in [1.165, 1.54) is 12.8 Å². The van der Waals surface area contributed by atoms with Gasteiger partial charge in [-0.3, -0.25) is 9.48 Å². The molecule has 4 rings (SSSR count). The maximum absolute atomic E-state index is 13.3. The van der Waals surface area contributed by atoms with E-state index in [4.69, 9.17) is 4.98 Å². The van der Waals surface area contributed by atoms with E-state index >= 15 is 0 Å². The molecule has 6 nitrogen and oxygen atoms in total. The number of hydrogen-bond donors (Lipinski definition) is 0. The van der Waals surface area contributed by atoms with Crippen LogP contribution in [0.2, 0.25) is 0 Å². The fourth-order valence-electron chi connectivity index (χ4n) is 3.66. The minimum Gasteiger partial charge on any atom is -0.363 e. The maximum atomic E-state index is 13.3. The van der Waals surface area contributed by atoms with Crippen LogP contribution >= 0.6 is 11.3 Å². The molecule has 0 aliphatic carbocycles. The summed E-state index contributed by atoms with van der Waals surface area (Å²) in [5.41, 5.74) is 3.16. The highest BCUT2D eigenvalue weighted by Crippen LogP contribution is 2.33. The summed E-state index contributed by atoms with van der Waals surface area (Å²) < 4.78 is 3.61. The lowest BCUT2D eigenvalue weighted by Gasteiger charge is -2.07. The second-order valence-corrected chi connectivity index (χ2v) is 8.11. The molecule has 3 heterocycles. The van der Waals surface area contributed by atoms with Crippen molar-refractivity contribution < 1.29 is 0 Å². The molecular formula is C21H25N5OS. The summed E-state index contributed by atoms with van der Waals surface area (Å²) in [4.78, 5) is 26.0. The van der Waals surface area contributed by atoms with Crippen molar-refractivity contribution in [2.24, 2.45) is 12.0 Å². The van der Waals surface area contributed by atoms with Gasteiger partial charge in [-0.15, -0.1) is 0 Å². The number of para-hydroxylation sites is 1. The van der Waals surface area contributed by atoms with Crippen molar-refractivity contribution in [1.82, 2.24) is 19.2 Å². The van der Waals surface area contributed by atoms with Gasteiger partial charge in [-0.2, -0.15) is 0 Å². The number of aromatic nitrogens is 3. The molecule has 7 heteroatoms. The first-order chi connectivity index (χ1) is 13.6. The summed E-state index contributed by atoms with van der Waals surface area (Å²) in [6, 6.07) is 9.71. The number of aryl methyl sites for hydroxylation is 1. The molecule has 3 aromatic rings. The van der Waals surface area contributed by atoms with Gasteiger partial charge >= 0.3 is 0 Å². The Morgan fingerprint density at radius 2 is 1.93 bits per heavy atom. The highest BCUT2D eigenvalue weighted by Gasteiger charge is 2.23. The van der Waals surface area contributed by atoms with Crippen LogP contribution in [-0.4, -0.2) is 38.7 Å². The minimum atomic E-state index is -0.0405. The van der Waals surface area contributed by atoms with Crippen molar-refractivity contribution in [3.8, 4) is 16.9 Å². The molecule has 1 fully saturated rings. The van der Waals surface area contributed by atoms with Crippen molar-refractivity contribution >= 4 is 22.8 Å². The molecule has 1 aromatic carbocycles. The van der Waals surface area contributed by atoms with Crippen LogP contribution in [0.4, 0.5) is 5.13 Å². The third-order valence-electron chi connectivity index (χ3n) is 5.27. The Kier molecular flexibility index (Phi) is 5.17. The quantitative estimate of drug-likeness (QED) is 0.486. The molecule has 0 bridgehead atoms. The molecule has 1 saturated heterocycles. The third kappa shape index (κ3) is 3.30. The first-order valence-electron chi connectivity index (χ1n) is 9.72. The second kappa shape index (κ2) is 7.75. The number of nitrogens with zero attached hydrogens (tertiary/aromatic N) is 5. The molecule has 2 aromatic heterocycles. The Morgan fingerprint density at radius 1 is 1.21 bits per heavy atom. The Hall–Kier alpha value is -2.67. The molecule has 28 heavy (non-hydrogen) atoms. The van der Waals surface area contributed by atoms with Crippen LogP contribution in [0, 0.1) is 6.92 Å². The van der Waals surface area contributed by atoms with Gasteiger partial charge in [0, 0.05) is 30.7 Å². The lowest BCUT2D eigenvalue weighted by molar-refractivity contribution is 0.536. The molecule has 146 valence electrons. The van der Waals surface area contributed by atoms with Crippen LogP contribution in [-0.2, 0) is 13.5 Å². The highest BCUT2D eigenvalue weighted by atomic mass is 32.1. The average Bonchev–Trinajstić information content (AvgIpc) is 3.41. The van der Waals surface area contributed by atoms with E-state index in [0.717, 1.165) is 41.5 Å². The Morgan fingerprint density at radius 3 is 2.61 bits per heavy atom. The number of hydrogen-bond acceptors (Lipinski definition) is 4. The largest absolute Gasteiger partial charge is 0.363 e. The topological polar surface area (TPSA) is 55.4 Å². The standard InChI is InChI=1S/C21H25N5OS/c1-4-17-19(23-21(28-17)22-14-25-12-8-9-13-25)18-15(2)24(3)26(20(18)27)16-10-6-5-7-11-16/h5-7,10-11,14H,4,8-9,12-13H2,1-3H3/b22-14+. The van der Waals surface area contributed by atoms with Crippen molar-refractivity contribution in [2.75, 3.05) is 13.1 Å². The van der Waals surface area contributed by atoms with Crippen molar-refractivity contribution in [3.63, 3.8) is 0 Å². The lowest BCUT2D eigenvalue weighted by atomic mass is 10.1. The molecule has 0 N–H and O–H groups in total. The molecule has 0 radical (unpaired) electrons. The highest BCUT2D eigenvalue weighted by molar-refractivity contribution is 7.15. The van der Waals surface area contributed by atoms with Gasteiger partial charge in [-0.1, -0.05) is 36.5 Å². The van der Waals surface area contributed by atoms with Crippen molar-refractivity contribution in [3.05, 3.63) is 51.3 Å². The Bertz CT molecular complexity index is 1050. The van der Waals surface area contributed by atoms with Gasteiger partial charge in [0.05, 0.1) is 23.3 Å². The van der Waals surface area contributed by atoms with Crippen LogP contribution < -0.4 is 5.56 Å².